The van der Waals surface area contributed by atoms with Crippen LogP contribution in [0.4, 0.5) is 0 Å². The number of aliphatic carboxylic acids is 2. The summed E-state index contributed by atoms with van der Waals surface area (Å²) >= 11 is 0. The van der Waals surface area contributed by atoms with Crippen molar-refractivity contribution >= 4 is 35.1 Å². The molecule has 0 aliphatic heterocycles. The Labute approximate surface area is 248 Å². The standard InChI is InChI=1S/4C5H8O2.C4H6O4.2Ru/c4*1-4(6)3-5(2)7;5-3(6)1-2-4(7)8;;/h4*3,6H,1-2H3;1-2H2,(H,5,6)(H,7,8);;/b4*4-3-;;;. The molecular weight excluding hydrogens is 682 g/mol. The van der Waals surface area contributed by atoms with E-state index in [1.54, 1.807) is 0 Å². The number of ketones is 4. The molecule has 0 amide bonds. The minimum absolute atomic E-state index is 0. The molecule has 222 valence electrons. The van der Waals surface area contributed by atoms with Crippen LogP contribution in [0.3, 0.4) is 0 Å². The van der Waals surface area contributed by atoms with Gasteiger partial charge in [-0.1, -0.05) is 0 Å². The van der Waals surface area contributed by atoms with Gasteiger partial charge in [0.1, 0.15) is 0 Å². The number of rotatable bonds is 7. The largest absolute Gasteiger partial charge is 0.512 e. The van der Waals surface area contributed by atoms with Crippen LogP contribution in [0.15, 0.2) is 47.3 Å². The van der Waals surface area contributed by atoms with Crippen molar-refractivity contribution in [2.24, 2.45) is 0 Å². The summed E-state index contributed by atoms with van der Waals surface area (Å²) in [6, 6.07) is 0. The van der Waals surface area contributed by atoms with E-state index in [0.29, 0.717) is 0 Å². The molecule has 0 heterocycles. The van der Waals surface area contributed by atoms with E-state index in [1.165, 1.54) is 79.7 Å². The van der Waals surface area contributed by atoms with Gasteiger partial charge in [-0.25, -0.2) is 0 Å². The molecule has 0 radical (unpaired) electrons. The number of carboxylic acids is 2. The molecule has 14 heteroatoms. The van der Waals surface area contributed by atoms with E-state index in [9.17, 15) is 28.8 Å². The van der Waals surface area contributed by atoms with Gasteiger partial charge in [-0.3, -0.25) is 28.8 Å². The molecule has 0 fully saturated rings. The minimum atomic E-state index is -1.08. The third-order valence-electron chi connectivity index (χ3n) is 2.20. The van der Waals surface area contributed by atoms with E-state index >= 15 is 0 Å². The zero-order valence-corrected chi connectivity index (χ0v) is 26.0. The second kappa shape index (κ2) is 34.0. The Kier molecular flexibility index (Phi) is 46.2. The van der Waals surface area contributed by atoms with Gasteiger partial charge in [-0.05, 0) is 55.4 Å². The molecule has 0 rings (SSSR count). The number of aliphatic hydroxyl groups excluding tert-OH is 4. The summed E-state index contributed by atoms with van der Waals surface area (Å²) in [4.78, 5) is 59.4. The summed E-state index contributed by atoms with van der Waals surface area (Å²) in [7, 11) is 0. The predicted molar refractivity (Wildman–Crippen MR) is 133 cm³/mol. The predicted octanol–water partition coefficient (Wildman–Crippen LogP) is 4.08. The van der Waals surface area contributed by atoms with Gasteiger partial charge in [-0.2, -0.15) is 0 Å². The SMILES string of the molecule is CC(=O)/C=C(/C)O.CC(=O)/C=C(/C)O.CC(=O)/C=C(/C)O.CC(=O)/C=C(/C)O.O=C(O)CCC(=O)O.[Ru].[Ru]. The van der Waals surface area contributed by atoms with Gasteiger partial charge in [0.15, 0.2) is 23.1 Å². The van der Waals surface area contributed by atoms with Crippen LogP contribution in [-0.4, -0.2) is 65.7 Å². The van der Waals surface area contributed by atoms with Gasteiger partial charge in [-0.15, -0.1) is 0 Å². The summed E-state index contributed by atoms with van der Waals surface area (Å²) in [5.41, 5.74) is 0. The van der Waals surface area contributed by atoms with Gasteiger partial charge in [0, 0.05) is 63.3 Å². The summed E-state index contributed by atoms with van der Waals surface area (Å²) in [5, 5.41) is 49.3. The molecule has 12 nitrogen and oxygen atoms in total. The molecule has 38 heavy (non-hydrogen) atoms. The maximum atomic E-state index is 10.0. The maximum Gasteiger partial charge on any atom is 0.303 e. The van der Waals surface area contributed by atoms with E-state index in [0.717, 1.165) is 0 Å². The summed E-state index contributed by atoms with van der Waals surface area (Å²) in [6.45, 7) is 11.4. The number of aliphatic hydroxyl groups is 4. The second-order valence-corrected chi connectivity index (χ2v) is 6.87. The molecule has 0 saturated heterocycles. The molecule has 6 N–H and O–H groups in total. The smallest absolute Gasteiger partial charge is 0.303 e. The van der Waals surface area contributed by atoms with Crippen LogP contribution >= 0.6 is 0 Å². The van der Waals surface area contributed by atoms with Crippen molar-refractivity contribution < 1.29 is 98.4 Å². The third kappa shape index (κ3) is 104. The Morgan fingerprint density at radius 2 is 0.526 bits per heavy atom. The molecule has 0 aromatic rings. The van der Waals surface area contributed by atoms with Gasteiger partial charge in [0.05, 0.1) is 35.9 Å². The van der Waals surface area contributed by atoms with Gasteiger partial charge >= 0.3 is 11.9 Å². The maximum absolute atomic E-state index is 10.0. The van der Waals surface area contributed by atoms with Crippen molar-refractivity contribution in [2.75, 3.05) is 0 Å². The molecule has 0 aromatic carbocycles. The molecular formula is C24H38O12Ru2. The molecule has 0 aliphatic carbocycles. The number of hydrogen-bond donors (Lipinski definition) is 6. The van der Waals surface area contributed by atoms with Crippen LogP contribution in [0, 0.1) is 0 Å². The Bertz CT molecular complexity index is 712. The van der Waals surface area contributed by atoms with E-state index in [4.69, 9.17) is 30.6 Å². The third-order valence-corrected chi connectivity index (χ3v) is 2.20. The molecule has 0 spiro atoms. The van der Waals surface area contributed by atoms with Gasteiger partial charge < -0.3 is 30.6 Å². The Hall–Kier alpha value is -2.97. The number of allylic oxidation sites excluding steroid dienone is 8. The topological polar surface area (TPSA) is 224 Å². The second-order valence-electron chi connectivity index (χ2n) is 6.87. The Morgan fingerprint density at radius 3 is 0.553 bits per heavy atom. The first-order valence-corrected chi connectivity index (χ1v) is 10.1. The van der Waals surface area contributed by atoms with Crippen LogP contribution in [0.1, 0.15) is 68.2 Å². The fraction of sp³-hybridized carbons (Fsp3) is 0.417. The summed E-state index contributed by atoms with van der Waals surface area (Å²) in [5.74, 6) is -2.40. The summed E-state index contributed by atoms with van der Waals surface area (Å²) in [6.07, 6.45) is 4.07. The molecule has 0 unspecified atom stereocenters. The van der Waals surface area contributed by atoms with E-state index in [-0.39, 0.29) is 98.0 Å². The first-order chi connectivity index (χ1) is 16.1. The molecule has 0 aromatic heterocycles. The van der Waals surface area contributed by atoms with Gasteiger partial charge in [0.2, 0.25) is 0 Å². The molecule has 0 atom stereocenters. The normalized spacial score (nSPS) is 10.2. The average Bonchev–Trinajstić information content (AvgIpc) is 2.57. The van der Waals surface area contributed by atoms with Crippen molar-refractivity contribution in [3.8, 4) is 0 Å². The van der Waals surface area contributed by atoms with Crippen LogP contribution < -0.4 is 0 Å². The van der Waals surface area contributed by atoms with Crippen LogP contribution in [-0.2, 0) is 67.7 Å². The number of carbonyl (C=O) groups is 6. The monoisotopic (exact) mass is 722 g/mol. The summed E-state index contributed by atoms with van der Waals surface area (Å²) < 4.78 is 0. The Morgan fingerprint density at radius 1 is 0.395 bits per heavy atom. The number of hydrogen-bond acceptors (Lipinski definition) is 10. The quantitative estimate of drug-likeness (QED) is 0.124. The van der Waals surface area contributed by atoms with Crippen molar-refractivity contribution in [1.29, 1.82) is 0 Å². The fourth-order valence-corrected chi connectivity index (χ4v) is 1.39. The van der Waals surface area contributed by atoms with Gasteiger partial charge in [0.25, 0.3) is 0 Å². The number of carboxylic acid groups (broad SMARTS) is 2. The van der Waals surface area contributed by atoms with Crippen molar-refractivity contribution in [2.45, 2.75) is 68.2 Å². The van der Waals surface area contributed by atoms with E-state index in [1.807, 2.05) is 0 Å². The van der Waals surface area contributed by atoms with E-state index < -0.39 is 11.9 Å². The average molecular weight is 721 g/mol. The van der Waals surface area contributed by atoms with Crippen LogP contribution in [0.25, 0.3) is 0 Å². The first kappa shape index (κ1) is 51.6. The van der Waals surface area contributed by atoms with Crippen molar-refractivity contribution in [1.82, 2.24) is 0 Å². The number of carbonyl (C=O) groups excluding carboxylic acids is 4. The Balaban J connectivity index is -0.0000000625. The molecule has 0 bridgehead atoms. The minimum Gasteiger partial charge on any atom is -0.512 e. The van der Waals surface area contributed by atoms with Crippen molar-refractivity contribution in [3.05, 3.63) is 47.3 Å². The zero-order valence-electron chi connectivity index (χ0n) is 22.6. The molecule has 0 saturated carbocycles. The van der Waals surface area contributed by atoms with E-state index in [2.05, 4.69) is 0 Å². The van der Waals surface area contributed by atoms with Crippen molar-refractivity contribution in [3.63, 3.8) is 0 Å². The zero-order chi connectivity index (χ0) is 30.0. The van der Waals surface area contributed by atoms with Crippen LogP contribution in [0.5, 0.6) is 0 Å². The van der Waals surface area contributed by atoms with Crippen LogP contribution in [0.2, 0.25) is 0 Å². The first-order valence-electron chi connectivity index (χ1n) is 10.1. The fourth-order valence-electron chi connectivity index (χ4n) is 1.39. The molecule has 0 aliphatic rings.